The Hall–Kier alpha value is -3.09. The van der Waals surface area contributed by atoms with Crippen molar-refractivity contribution >= 4 is 56.1 Å². The summed E-state index contributed by atoms with van der Waals surface area (Å²) in [6.07, 6.45) is 2.97. The smallest absolute Gasteiger partial charge is 0.263 e. The summed E-state index contributed by atoms with van der Waals surface area (Å²) < 4.78 is 32.5. The summed E-state index contributed by atoms with van der Waals surface area (Å²) in [5.41, 5.74) is 0.521. The molecule has 12 heteroatoms. The molecule has 2 heterocycles. The first-order valence-electron chi connectivity index (χ1n) is 8.48. The van der Waals surface area contributed by atoms with E-state index in [-0.39, 0.29) is 34.0 Å². The Morgan fingerprint density at radius 1 is 1.17 bits per heavy atom. The van der Waals surface area contributed by atoms with Gasteiger partial charge in [-0.25, -0.2) is 18.4 Å². The molecular weight excluding hydrogens is 446 g/mol. The molecule has 0 saturated carbocycles. The van der Waals surface area contributed by atoms with Crippen molar-refractivity contribution < 1.29 is 17.9 Å². The van der Waals surface area contributed by atoms with Crippen LogP contribution in [0, 0.1) is 0 Å². The highest BCUT2D eigenvalue weighted by Gasteiger charge is 2.18. The van der Waals surface area contributed by atoms with E-state index in [1.54, 1.807) is 0 Å². The zero-order chi connectivity index (χ0) is 21.6. The Balaban J connectivity index is 1.61. The number of sulfonamides is 1. The molecule has 0 aliphatic heterocycles. The molecule has 156 valence electrons. The fourth-order valence-corrected chi connectivity index (χ4v) is 4.29. The molecule has 1 aromatic carbocycles. The van der Waals surface area contributed by atoms with Crippen LogP contribution in [0.25, 0.3) is 0 Å². The Morgan fingerprint density at radius 2 is 1.90 bits per heavy atom. The third-order valence-electron chi connectivity index (χ3n) is 3.68. The molecule has 1 amide bonds. The number of thiocarbonyl (C=S) groups is 1. The van der Waals surface area contributed by atoms with Crippen LogP contribution in [-0.4, -0.2) is 36.5 Å². The normalized spacial score (nSPS) is 10.8. The number of ether oxygens (including phenoxy) is 1. The predicted octanol–water partition coefficient (Wildman–Crippen LogP) is 2.40. The summed E-state index contributed by atoms with van der Waals surface area (Å²) >= 11 is 6.61. The number of carbonyl (C=O) groups excluding carboxylic acids is 1. The fraction of sp³-hybridized carbons (Fsp3) is 0.111. The monoisotopic (exact) mass is 463 g/mol. The standard InChI is InChI=1S/C18H17N5O4S3/c1-27-17-16(19-8-9-20-17)23-30(25,26)14-6-4-12(5-7-14)21-18(28)22-15(24)11-13-3-2-10-29-13/h2-10H,11H2,1H3,(H,19,23)(H2,21,22,24,28). The van der Waals surface area contributed by atoms with Gasteiger partial charge < -0.3 is 15.4 Å². The van der Waals surface area contributed by atoms with Crippen molar-refractivity contribution in [2.24, 2.45) is 0 Å². The largest absolute Gasteiger partial charge is 0.478 e. The number of benzene rings is 1. The highest BCUT2D eigenvalue weighted by Crippen LogP contribution is 2.22. The van der Waals surface area contributed by atoms with Gasteiger partial charge in [-0.05, 0) is 47.9 Å². The maximum atomic E-state index is 12.6. The molecule has 0 fully saturated rings. The van der Waals surface area contributed by atoms with Gasteiger partial charge in [0.2, 0.25) is 11.7 Å². The van der Waals surface area contributed by atoms with Crippen LogP contribution in [0.1, 0.15) is 4.88 Å². The molecule has 0 aliphatic carbocycles. The summed E-state index contributed by atoms with van der Waals surface area (Å²) in [6.45, 7) is 0. The lowest BCUT2D eigenvalue weighted by atomic mass is 10.3. The Labute approximate surface area is 182 Å². The molecule has 0 saturated heterocycles. The molecule has 3 N–H and O–H groups in total. The summed E-state index contributed by atoms with van der Waals surface area (Å²) in [5, 5.41) is 7.44. The molecular formula is C18H17N5O4S3. The number of anilines is 2. The van der Waals surface area contributed by atoms with Crippen molar-refractivity contribution in [2.75, 3.05) is 17.1 Å². The molecule has 0 spiro atoms. The topological polar surface area (TPSA) is 122 Å². The lowest BCUT2D eigenvalue weighted by molar-refractivity contribution is -0.118. The summed E-state index contributed by atoms with van der Waals surface area (Å²) in [4.78, 5) is 20.7. The van der Waals surface area contributed by atoms with Gasteiger partial charge in [0.05, 0.1) is 18.4 Å². The van der Waals surface area contributed by atoms with Gasteiger partial charge in [0, 0.05) is 23.0 Å². The zero-order valence-electron chi connectivity index (χ0n) is 15.7. The van der Waals surface area contributed by atoms with Crippen LogP contribution in [0.2, 0.25) is 0 Å². The SMILES string of the molecule is COc1nccnc1NS(=O)(=O)c1ccc(NC(=S)NC(=O)Cc2cccs2)cc1. The molecule has 30 heavy (non-hydrogen) atoms. The van der Waals surface area contributed by atoms with E-state index in [1.165, 1.54) is 55.1 Å². The first-order valence-corrected chi connectivity index (χ1v) is 11.3. The van der Waals surface area contributed by atoms with E-state index in [1.807, 2.05) is 17.5 Å². The predicted molar refractivity (Wildman–Crippen MR) is 118 cm³/mol. The molecule has 0 atom stereocenters. The maximum Gasteiger partial charge on any atom is 0.263 e. The molecule has 0 aliphatic rings. The van der Waals surface area contributed by atoms with Gasteiger partial charge in [0.1, 0.15) is 0 Å². The zero-order valence-corrected chi connectivity index (χ0v) is 18.1. The number of carbonyl (C=O) groups is 1. The van der Waals surface area contributed by atoms with E-state index >= 15 is 0 Å². The Kier molecular flexibility index (Phi) is 6.92. The first-order chi connectivity index (χ1) is 14.4. The summed E-state index contributed by atoms with van der Waals surface area (Å²) in [5.74, 6) is -0.198. The van der Waals surface area contributed by atoms with Crippen molar-refractivity contribution in [1.29, 1.82) is 0 Å². The number of hydrogen-bond acceptors (Lipinski definition) is 8. The van der Waals surface area contributed by atoms with Crippen molar-refractivity contribution in [3.05, 3.63) is 59.0 Å². The van der Waals surface area contributed by atoms with Crippen LogP contribution >= 0.6 is 23.6 Å². The van der Waals surface area contributed by atoms with Gasteiger partial charge in [-0.3, -0.25) is 9.52 Å². The summed E-state index contributed by atoms with van der Waals surface area (Å²) in [7, 11) is -2.54. The van der Waals surface area contributed by atoms with Crippen LogP contribution in [0.4, 0.5) is 11.5 Å². The molecule has 9 nitrogen and oxygen atoms in total. The van der Waals surface area contributed by atoms with Gasteiger partial charge in [0.15, 0.2) is 5.11 Å². The minimum atomic E-state index is -3.90. The second kappa shape index (κ2) is 9.61. The first kappa shape index (κ1) is 21.6. The van der Waals surface area contributed by atoms with E-state index in [9.17, 15) is 13.2 Å². The molecule has 0 unspecified atom stereocenters. The number of methoxy groups -OCH3 is 1. The highest BCUT2D eigenvalue weighted by atomic mass is 32.2. The number of nitrogens with one attached hydrogen (secondary N) is 3. The lowest BCUT2D eigenvalue weighted by Crippen LogP contribution is -2.35. The minimum Gasteiger partial charge on any atom is -0.478 e. The van der Waals surface area contributed by atoms with E-state index in [0.29, 0.717) is 5.69 Å². The number of amides is 1. The van der Waals surface area contributed by atoms with Gasteiger partial charge in [-0.1, -0.05) is 6.07 Å². The highest BCUT2D eigenvalue weighted by molar-refractivity contribution is 7.92. The summed E-state index contributed by atoms with van der Waals surface area (Å²) in [6, 6.07) is 9.58. The molecule has 0 radical (unpaired) electrons. The van der Waals surface area contributed by atoms with E-state index < -0.39 is 10.0 Å². The van der Waals surface area contributed by atoms with Crippen molar-refractivity contribution in [1.82, 2.24) is 15.3 Å². The average Bonchev–Trinajstić information content (AvgIpc) is 3.21. The minimum absolute atomic E-state index is 0.00778. The third-order valence-corrected chi connectivity index (χ3v) is 6.11. The molecule has 0 bridgehead atoms. The number of nitrogens with zero attached hydrogens (tertiary/aromatic N) is 2. The Morgan fingerprint density at radius 3 is 2.57 bits per heavy atom. The van der Waals surface area contributed by atoms with Gasteiger partial charge >= 0.3 is 0 Å². The second-order valence-corrected chi connectivity index (χ2v) is 8.93. The average molecular weight is 464 g/mol. The van der Waals surface area contributed by atoms with Crippen LogP contribution in [-0.2, 0) is 21.2 Å². The van der Waals surface area contributed by atoms with E-state index in [4.69, 9.17) is 17.0 Å². The van der Waals surface area contributed by atoms with Crippen molar-refractivity contribution in [2.45, 2.75) is 11.3 Å². The van der Waals surface area contributed by atoms with Crippen LogP contribution in [0.5, 0.6) is 5.88 Å². The number of thiophene rings is 1. The van der Waals surface area contributed by atoms with Crippen molar-refractivity contribution in [3.8, 4) is 5.88 Å². The van der Waals surface area contributed by atoms with Crippen molar-refractivity contribution in [3.63, 3.8) is 0 Å². The van der Waals surface area contributed by atoms with Crippen LogP contribution in [0.15, 0.2) is 59.1 Å². The molecule has 3 aromatic rings. The number of hydrogen-bond donors (Lipinski definition) is 3. The maximum absolute atomic E-state index is 12.6. The molecule has 3 rings (SSSR count). The van der Waals surface area contributed by atoms with Gasteiger partial charge in [0.25, 0.3) is 15.9 Å². The quantitative estimate of drug-likeness (QED) is 0.457. The van der Waals surface area contributed by atoms with E-state index in [2.05, 4.69) is 25.3 Å². The lowest BCUT2D eigenvalue weighted by Gasteiger charge is -2.11. The second-order valence-electron chi connectivity index (χ2n) is 5.80. The molecule has 2 aromatic heterocycles. The van der Waals surface area contributed by atoms with Gasteiger partial charge in [-0.15, -0.1) is 11.3 Å². The Bertz CT molecular complexity index is 1130. The van der Waals surface area contributed by atoms with E-state index in [0.717, 1.165) is 4.88 Å². The number of rotatable bonds is 7. The van der Waals surface area contributed by atoms with Crippen LogP contribution < -0.4 is 20.1 Å². The third kappa shape index (κ3) is 5.72. The fourth-order valence-electron chi connectivity index (χ4n) is 2.35. The number of aromatic nitrogens is 2. The van der Waals surface area contributed by atoms with Crippen LogP contribution in [0.3, 0.4) is 0 Å². The van der Waals surface area contributed by atoms with Gasteiger partial charge in [-0.2, -0.15) is 0 Å².